The maximum atomic E-state index is 6.53. The Labute approximate surface area is 153 Å². The summed E-state index contributed by atoms with van der Waals surface area (Å²) in [6.45, 7) is 16.6. The fourth-order valence-electron chi connectivity index (χ4n) is 3.05. The van der Waals surface area contributed by atoms with Gasteiger partial charge in [-0.25, -0.2) is 0 Å². The van der Waals surface area contributed by atoms with Gasteiger partial charge in [0.05, 0.1) is 0 Å². The molecule has 0 heterocycles. The van der Waals surface area contributed by atoms with Crippen molar-refractivity contribution < 1.29 is 12.3 Å². The number of hydrogen-bond acceptors (Lipinski definition) is 6. The zero-order valence-electron chi connectivity index (χ0n) is 16.9. The van der Waals surface area contributed by atoms with E-state index in [1.54, 1.807) is 0 Å². The summed E-state index contributed by atoms with van der Waals surface area (Å²) >= 11 is 0. The van der Waals surface area contributed by atoms with Crippen LogP contribution in [0.25, 0.3) is 0 Å². The normalized spacial score (nSPS) is 16.2. The second-order valence-corrected chi connectivity index (χ2v) is 24.3. The van der Waals surface area contributed by atoms with E-state index in [1.165, 1.54) is 0 Å². The highest BCUT2D eigenvalue weighted by Gasteiger charge is 2.45. The van der Waals surface area contributed by atoms with Crippen LogP contribution < -0.4 is 17.2 Å². The molecular formula is C14H41N3O3Si4. The summed E-state index contributed by atoms with van der Waals surface area (Å²) in [5.41, 5.74) is 17.4. The lowest BCUT2D eigenvalue weighted by molar-refractivity contribution is 0.322. The molecule has 0 aliphatic rings. The van der Waals surface area contributed by atoms with Crippen molar-refractivity contribution in [3.8, 4) is 0 Å². The highest BCUT2D eigenvalue weighted by molar-refractivity contribution is 6.89. The smallest absolute Gasteiger partial charge is 0.329 e. The van der Waals surface area contributed by atoms with E-state index in [4.69, 9.17) is 29.5 Å². The van der Waals surface area contributed by atoms with Crippen LogP contribution in [-0.4, -0.2) is 53.0 Å². The second kappa shape index (κ2) is 10.1. The third-order valence-corrected chi connectivity index (χ3v) is 19.5. The molecular weight excluding hydrogens is 371 g/mol. The first-order chi connectivity index (χ1) is 10.8. The molecule has 6 N–H and O–H groups in total. The Balaban J connectivity index is 4.92. The molecule has 0 bridgehead atoms. The molecule has 0 amide bonds. The molecule has 146 valence electrons. The first kappa shape index (κ1) is 24.6. The molecule has 0 radical (unpaired) electrons. The van der Waals surface area contributed by atoms with Crippen molar-refractivity contribution in [3.05, 3.63) is 0 Å². The summed E-state index contributed by atoms with van der Waals surface area (Å²) in [5, 5.41) is 0. The van der Waals surface area contributed by atoms with Crippen molar-refractivity contribution in [2.24, 2.45) is 17.2 Å². The van der Waals surface area contributed by atoms with Crippen molar-refractivity contribution in [2.45, 2.75) is 70.8 Å². The predicted molar refractivity (Wildman–Crippen MR) is 113 cm³/mol. The molecule has 0 aromatic carbocycles. The van der Waals surface area contributed by atoms with Crippen LogP contribution in [0, 0.1) is 0 Å². The zero-order valence-corrected chi connectivity index (χ0v) is 20.9. The SMILES string of the molecule is C[Si](C)(CCCN)O[Si](C)(C)O[Si](C)(CN)O[Si](C)(C)CCCN. The quantitative estimate of drug-likeness (QED) is 0.402. The van der Waals surface area contributed by atoms with Gasteiger partial charge in [-0.3, -0.25) is 0 Å². The topological polar surface area (TPSA) is 106 Å². The van der Waals surface area contributed by atoms with Gasteiger partial charge in [-0.1, -0.05) is 0 Å². The van der Waals surface area contributed by atoms with Gasteiger partial charge in [0.2, 0.25) is 0 Å². The number of nitrogens with two attached hydrogens (primary N) is 3. The van der Waals surface area contributed by atoms with Crippen molar-refractivity contribution in [1.29, 1.82) is 0 Å². The van der Waals surface area contributed by atoms with Crippen LogP contribution in [0.5, 0.6) is 0 Å². The van der Waals surface area contributed by atoms with Crippen LogP contribution in [0.4, 0.5) is 0 Å². The molecule has 24 heavy (non-hydrogen) atoms. The summed E-state index contributed by atoms with van der Waals surface area (Å²) in [4.78, 5) is 0. The van der Waals surface area contributed by atoms with Gasteiger partial charge in [-0.15, -0.1) is 0 Å². The van der Waals surface area contributed by atoms with Crippen LogP contribution in [0.1, 0.15) is 12.8 Å². The Bertz CT molecular complexity index is 373. The van der Waals surface area contributed by atoms with E-state index in [0.717, 1.165) is 24.9 Å². The minimum atomic E-state index is -2.44. The summed E-state index contributed by atoms with van der Waals surface area (Å²) in [7, 11) is -8.34. The lowest BCUT2D eigenvalue weighted by atomic mass is 10.5. The highest BCUT2D eigenvalue weighted by Crippen LogP contribution is 2.26. The fourth-order valence-corrected chi connectivity index (χ4v) is 21.9. The maximum Gasteiger partial charge on any atom is 0.329 e. The van der Waals surface area contributed by atoms with Crippen molar-refractivity contribution >= 4 is 33.8 Å². The Hall–Kier alpha value is 0.628. The second-order valence-electron chi connectivity index (χ2n) is 8.35. The maximum absolute atomic E-state index is 6.53. The van der Waals surface area contributed by atoms with Gasteiger partial charge in [-0.2, -0.15) is 0 Å². The van der Waals surface area contributed by atoms with E-state index in [9.17, 15) is 0 Å². The van der Waals surface area contributed by atoms with Gasteiger partial charge < -0.3 is 29.5 Å². The Morgan fingerprint density at radius 1 is 0.625 bits per heavy atom. The summed E-state index contributed by atoms with van der Waals surface area (Å²) in [6.07, 6.45) is 2.45. The molecule has 0 fully saturated rings. The molecule has 1 atom stereocenters. The molecule has 0 aromatic heterocycles. The monoisotopic (exact) mass is 411 g/mol. The molecule has 10 heteroatoms. The summed E-state index contributed by atoms with van der Waals surface area (Å²) < 4.78 is 19.6. The van der Waals surface area contributed by atoms with Gasteiger partial charge in [0, 0.05) is 6.17 Å². The standard InChI is InChI=1S/C14H41N3O3Si4/c1-21(2,12-8-10-15)18-23(5,6)20-24(7,14-17)19-22(3,4)13-9-11-16/h8-17H2,1-7H3. The third kappa shape index (κ3) is 10.6. The Morgan fingerprint density at radius 3 is 1.42 bits per heavy atom. The van der Waals surface area contributed by atoms with Gasteiger partial charge in [0.15, 0.2) is 16.6 Å². The minimum Gasteiger partial charge on any atom is -0.436 e. The Morgan fingerprint density at radius 2 is 1.04 bits per heavy atom. The van der Waals surface area contributed by atoms with Crippen LogP contribution >= 0.6 is 0 Å². The van der Waals surface area contributed by atoms with Gasteiger partial charge >= 0.3 is 17.1 Å². The van der Waals surface area contributed by atoms with Crippen LogP contribution in [0.2, 0.25) is 57.9 Å². The average molecular weight is 412 g/mol. The van der Waals surface area contributed by atoms with E-state index < -0.39 is 33.8 Å². The van der Waals surface area contributed by atoms with E-state index in [0.29, 0.717) is 19.3 Å². The average Bonchev–Trinajstić information content (AvgIpc) is 2.40. The van der Waals surface area contributed by atoms with Gasteiger partial charge in [0.25, 0.3) is 0 Å². The first-order valence-corrected chi connectivity index (χ1v) is 20.6. The molecule has 0 saturated carbocycles. The molecule has 0 rings (SSSR count). The number of hydrogen-bond donors (Lipinski definition) is 3. The van der Waals surface area contributed by atoms with Crippen LogP contribution in [-0.2, 0) is 12.3 Å². The molecule has 0 spiro atoms. The highest BCUT2D eigenvalue weighted by atomic mass is 28.5. The predicted octanol–water partition coefficient (Wildman–Crippen LogP) is 2.42. The zero-order chi connectivity index (χ0) is 19.1. The summed E-state index contributed by atoms with van der Waals surface area (Å²) in [5.74, 6) is 0. The molecule has 6 nitrogen and oxygen atoms in total. The Kier molecular flexibility index (Phi) is 10.4. The van der Waals surface area contributed by atoms with Crippen molar-refractivity contribution in [1.82, 2.24) is 0 Å². The van der Waals surface area contributed by atoms with E-state index >= 15 is 0 Å². The van der Waals surface area contributed by atoms with Gasteiger partial charge in [-0.05, 0) is 83.8 Å². The number of rotatable bonds is 13. The molecule has 1 unspecified atom stereocenters. The fraction of sp³-hybridized carbons (Fsp3) is 1.00. The van der Waals surface area contributed by atoms with Crippen LogP contribution in [0.3, 0.4) is 0 Å². The van der Waals surface area contributed by atoms with E-state index in [1.807, 2.05) is 0 Å². The van der Waals surface area contributed by atoms with Crippen molar-refractivity contribution in [2.75, 3.05) is 19.3 Å². The molecule has 0 saturated heterocycles. The van der Waals surface area contributed by atoms with Crippen molar-refractivity contribution in [3.63, 3.8) is 0 Å². The molecule has 0 aliphatic heterocycles. The lowest BCUT2D eigenvalue weighted by Crippen LogP contribution is -2.61. The molecule has 0 aromatic rings. The summed E-state index contributed by atoms with van der Waals surface area (Å²) in [6, 6.07) is 2.09. The van der Waals surface area contributed by atoms with Gasteiger partial charge in [0.1, 0.15) is 0 Å². The minimum absolute atomic E-state index is 0.455. The van der Waals surface area contributed by atoms with E-state index in [-0.39, 0.29) is 0 Å². The first-order valence-electron chi connectivity index (χ1n) is 9.01. The van der Waals surface area contributed by atoms with E-state index in [2.05, 4.69) is 45.8 Å². The van der Waals surface area contributed by atoms with Crippen LogP contribution in [0.15, 0.2) is 0 Å². The molecule has 0 aliphatic carbocycles. The third-order valence-electron chi connectivity index (χ3n) is 3.81. The lowest BCUT2D eigenvalue weighted by Gasteiger charge is -2.42. The largest absolute Gasteiger partial charge is 0.436 e.